The Kier molecular flexibility index (Phi) is 4.87. The van der Waals surface area contributed by atoms with Crippen LogP contribution in [-0.4, -0.2) is 10.1 Å². The van der Waals surface area contributed by atoms with Crippen LogP contribution in [0.3, 0.4) is 0 Å². The molecule has 0 aliphatic rings. The molecule has 3 nitrogen and oxygen atoms in total. The van der Waals surface area contributed by atoms with Crippen LogP contribution in [0.5, 0.6) is 0 Å². The molecule has 0 radical (unpaired) electrons. The molecule has 2 rings (SSSR count). The second-order valence-electron chi connectivity index (χ2n) is 4.23. The van der Waals surface area contributed by atoms with E-state index in [-0.39, 0.29) is 11.9 Å². The van der Waals surface area contributed by atoms with Crippen molar-refractivity contribution < 1.29 is 4.39 Å². The van der Waals surface area contributed by atoms with Crippen LogP contribution in [0.15, 0.2) is 42.7 Å². The molecule has 104 valence electrons. The van der Waals surface area contributed by atoms with E-state index in [0.717, 1.165) is 5.69 Å². The molecule has 0 saturated carbocycles. The first-order valence-corrected chi connectivity index (χ1v) is 6.77. The topological polar surface area (TPSA) is 37.0 Å². The Hall–Kier alpha value is -1.72. The fourth-order valence-electron chi connectivity index (χ4n) is 1.73. The fourth-order valence-corrected chi connectivity index (χ4v) is 2.18. The quantitative estimate of drug-likeness (QED) is 0.843. The van der Waals surface area contributed by atoms with Crippen LogP contribution in [-0.2, 0) is 0 Å². The lowest BCUT2D eigenvalue weighted by Gasteiger charge is -2.18. The molecule has 0 fully saturated rings. The maximum Gasteiger partial charge on any atom is 0.171 e. The van der Waals surface area contributed by atoms with Gasteiger partial charge in [0.05, 0.1) is 17.9 Å². The standard InChI is InChI=1S/C14H13ClFN3S/c1-9(12-5-4-10(15)7-13(12)16)18-14(20)19-11-3-2-6-17-8-11/h2-9H,1H3,(H2,18,19,20). The number of pyridine rings is 1. The van der Waals surface area contributed by atoms with Gasteiger partial charge in [0, 0.05) is 16.8 Å². The van der Waals surface area contributed by atoms with Crippen molar-refractivity contribution in [2.24, 2.45) is 0 Å². The van der Waals surface area contributed by atoms with Crippen LogP contribution in [0.1, 0.15) is 18.5 Å². The lowest BCUT2D eigenvalue weighted by Crippen LogP contribution is -2.31. The highest BCUT2D eigenvalue weighted by Crippen LogP contribution is 2.20. The zero-order valence-corrected chi connectivity index (χ0v) is 12.3. The van der Waals surface area contributed by atoms with Crippen molar-refractivity contribution in [3.63, 3.8) is 0 Å². The molecular formula is C14H13ClFN3S. The summed E-state index contributed by atoms with van der Waals surface area (Å²) in [6.45, 7) is 1.82. The Morgan fingerprint density at radius 1 is 1.40 bits per heavy atom. The summed E-state index contributed by atoms with van der Waals surface area (Å²) in [5, 5.41) is 6.77. The SMILES string of the molecule is CC(NC(=S)Nc1cccnc1)c1ccc(Cl)cc1F. The maximum atomic E-state index is 13.8. The van der Waals surface area contributed by atoms with Gasteiger partial charge in [-0.25, -0.2) is 4.39 Å². The fraction of sp³-hybridized carbons (Fsp3) is 0.143. The van der Waals surface area contributed by atoms with E-state index in [2.05, 4.69) is 15.6 Å². The lowest BCUT2D eigenvalue weighted by atomic mass is 10.1. The Balaban J connectivity index is 2.00. The molecule has 2 aromatic rings. The Morgan fingerprint density at radius 3 is 2.85 bits per heavy atom. The van der Waals surface area contributed by atoms with Crippen molar-refractivity contribution in [1.82, 2.24) is 10.3 Å². The monoisotopic (exact) mass is 309 g/mol. The van der Waals surface area contributed by atoms with E-state index in [4.69, 9.17) is 23.8 Å². The van der Waals surface area contributed by atoms with Crippen molar-refractivity contribution in [3.05, 3.63) is 59.1 Å². The van der Waals surface area contributed by atoms with Gasteiger partial charge in [-0.15, -0.1) is 0 Å². The third kappa shape index (κ3) is 3.88. The van der Waals surface area contributed by atoms with Crippen molar-refractivity contribution in [1.29, 1.82) is 0 Å². The first-order valence-electron chi connectivity index (χ1n) is 5.99. The summed E-state index contributed by atoms with van der Waals surface area (Å²) in [6.07, 6.45) is 3.33. The summed E-state index contributed by atoms with van der Waals surface area (Å²) in [6, 6.07) is 7.94. The van der Waals surface area contributed by atoms with Crippen molar-refractivity contribution in [2.75, 3.05) is 5.32 Å². The number of hydrogen-bond donors (Lipinski definition) is 2. The van der Waals surface area contributed by atoms with E-state index in [9.17, 15) is 4.39 Å². The minimum absolute atomic E-state index is 0.274. The summed E-state index contributed by atoms with van der Waals surface area (Å²) in [4.78, 5) is 3.97. The van der Waals surface area contributed by atoms with Gasteiger partial charge < -0.3 is 10.6 Å². The van der Waals surface area contributed by atoms with Gasteiger partial charge in [-0.2, -0.15) is 0 Å². The number of hydrogen-bond acceptors (Lipinski definition) is 2. The molecular weight excluding hydrogens is 297 g/mol. The molecule has 1 atom stereocenters. The molecule has 2 N–H and O–H groups in total. The molecule has 0 bridgehead atoms. The highest BCUT2D eigenvalue weighted by atomic mass is 35.5. The predicted octanol–water partition coefficient (Wildman–Crippen LogP) is 3.92. The van der Waals surface area contributed by atoms with Gasteiger partial charge >= 0.3 is 0 Å². The first kappa shape index (κ1) is 14.7. The second kappa shape index (κ2) is 6.63. The molecule has 20 heavy (non-hydrogen) atoms. The number of anilines is 1. The number of rotatable bonds is 3. The summed E-state index contributed by atoms with van der Waals surface area (Å²) in [5.74, 6) is -0.360. The summed E-state index contributed by atoms with van der Waals surface area (Å²) < 4.78 is 13.8. The Morgan fingerprint density at radius 2 is 2.20 bits per heavy atom. The summed E-state index contributed by atoms with van der Waals surface area (Å²) in [5.41, 5.74) is 1.28. The highest BCUT2D eigenvalue weighted by Gasteiger charge is 2.12. The van der Waals surface area contributed by atoms with Crippen LogP contribution in [0.4, 0.5) is 10.1 Å². The van der Waals surface area contributed by atoms with E-state index in [1.165, 1.54) is 6.07 Å². The Bertz CT molecular complexity index is 607. The minimum Gasteiger partial charge on any atom is -0.356 e. The van der Waals surface area contributed by atoms with Crippen LogP contribution in [0, 0.1) is 5.82 Å². The largest absolute Gasteiger partial charge is 0.356 e. The van der Waals surface area contributed by atoms with Gasteiger partial charge in [-0.1, -0.05) is 17.7 Å². The van der Waals surface area contributed by atoms with Crippen molar-refractivity contribution >= 4 is 34.6 Å². The van der Waals surface area contributed by atoms with Gasteiger partial charge in [0.1, 0.15) is 5.82 Å². The molecule has 1 aromatic heterocycles. The van der Waals surface area contributed by atoms with Crippen LogP contribution >= 0.6 is 23.8 Å². The second-order valence-corrected chi connectivity index (χ2v) is 5.07. The molecule has 0 saturated heterocycles. The number of nitrogens with zero attached hydrogens (tertiary/aromatic N) is 1. The van der Waals surface area contributed by atoms with Crippen molar-refractivity contribution in [3.8, 4) is 0 Å². The van der Waals surface area contributed by atoms with Crippen LogP contribution < -0.4 is 10.6 Å². The molecule has 0 aliphatic heterocycles. The van der Waals surface area contributed by atoms with Gasteiger partial charge in [0.2, 0.25) is 0 Å². The van der Waals surface area contributed by atoms with E-state index in [0.29, 0.717) is 15.7 Å². The normalized spacial score (nSPS) is 11.8. The van der Waals surface area contributed by atoms with Crippen LogP contribution in [0.25, 0.3) is 0 Å². The smallest absolute Gasteiger partial charge is 0.171 e. The number of nitrogens with one attached hydrogen (secondary N) is 2. The molecule has 1 heterocycles. The summed E-state index contributed by atoms with van der Waals surface area (Å²) in [7, 11) is 0. The molecule has 0 aliphatic carbocycles. The van der Waals surface area contributed by atoms with E-state index >= 15 is 0 Å². The number of thiocarbonyl (C=S) groups is 1. The molecule has 0 amide bonds. The molecule has 6 heteroatoms. The first-order chi connectivity index (χ1) is 9.56. The average Bonchev–Trinajstić information content (AvgIpc) is 2.39. The van der Waals surface area contributed by atoms with Gasteiger partial charge in [0.25, 0.3) is 0 Å². The third-order valence-corrected chi connectivity index (χ3v) is 3.15. The van der Waals surface area contributed by atoms with E-state index < -0.39 is 0 Å². The van der Waals surface area contributed by atoms with E-state index in [1.807, 2.05) is 13.0 Å². The van der Waals surface area contributed by atoms with Gasteiger partial charge in [-0.05, 0) is 43.4 Å². The van der Waals surface area contributed by atoms with Gasteiger partial charge in [0.15, 0.2) is 5.11 Å². The highest BCUT2D eigenvalue weighted by molar-refractivity contribution is 7.80. The molecule has 1 unspecified atom stereocenters. The third-order valence-electron chi connectivity index (χ3n) is 2.70. The predicted molar refractivity (Wildman–Crippen MR) is 83.4 cm³/mol. The number of aromatic nitrogens is 1. The maximum absolute atomic E-state index is 13.8. The zero-order valence-electron chi connectivity index (χ0n) is 10.7. The zero-order chi connectivity index (χ0) is 14.5. The van der Waals surface area contributed by atoms with Gasteiger partial charge in [-0.3, -0.25) is 4.98 Å². The molecule has 1 aromatic carbocycles. The lowest BCUT2D eigenvalue weighted by molar-refractivity contribution is 0.580. The number of halogens is 2. The Labute approximate surface area is 127 Å². The minimum atomic E-state index is -0.360. The van der Waals surface area contributed by atoms with E-state index in [1.54, 1.807) is 30.6 Å². The average molecular weight is 310 g/mol. The van der Waals surface area contributed by atoms with Crippen LogP contribution in [0.2, 0.25) is 5.02 Å². The molecule has 0 spiro atoms. The van der Waals surface area contributed by atoms with Crippen molar-refractivity contribution in [2.45, 2.75) is 13.0 Å². The number of benzene rings is 1. The summed E-state index contributed by atoms with van der Waals surface area (Å²) >= 11 is 10.9.